The number of nitrogens with one attached hydrogen (secondary N) is 3. The fourth-order valence-corrected chi connectivity index (χ4v) is 11.0. The number of carbonyl (C=O) groups excluding carboxylic acids is 5. The van der Waals surface area contributed by atoms with Gasteiger partial charge in [-0.2, -0.15) is 12.7 Å². The number of ketones is 1. The maximum Gasteiger partial charge on any atom is 0.301 e. The van der Waals surface area contributed by atoms with Crippen molar-refractivity contribution in [1.82, 2.24) is 34.3 Å². The summed E-state index contributed by atoms with van der Waals surface area (Å²) >= 11 is 0. The van der Waals surface area contributed by atoms with Crippen molar-refractivity contribution in [3.05, 3.63) is 107 Å². The van der Waals surface area contributed by atoms with Crippen LogP contribution in [0.25, 0.3) is 22.2 Å². The van der Waals surface area contributed by atoms with Crippen molar-refractivity contribution >= 4 is 67.7 Å². The Morgan fingerprint density at radius 3 is 2.09 bits per heavy atom. The third kappa shape index (κ3) is 8.58. The van der Waals surface area contributed by atoms with Gasteiger partial charge in [0.1, 0.15) is 23.7 Å². The van der Waals surface area contributed by atoms with Crippen molar-refractivity contribution in [2.45, 2.75) is 31.5 Å². The standard InChI is InChI=1S/C47H47F3N10O7S/c48-30-11-12-59(27-30)68(66,67)54-38-8-7-37(49)41(42(38)50)43(62)36-26-52-44-34(36)23-29(25-51-44)28-1-3-31(4-2-28)57-19-15-55(16-20-57)13-14-56-17-21-58(22-18-56)32-5-6-33-35(24-32)47(65)60(46(33)64)39-9-10-40(61)53-45(39)63/h1-8,23-26,30,39,54H,9-22,27H2,(H,51,52)(H,53,61,63)/t30-,39?/m1/s1. The van der Waals surface area contributed by atoms with Crippen LogP contribution in [0.4, 0.5) is 30.2 Å². The number of fused-ring (bicyclic) bond motifs is 2. The van der Waals surface area contributed by atoms with Gasteiger partial charge in [-0.15, -0.1) is 0 Å². The summed E-state index contributed by atoms with van der Waals surface area (Å²) in [6.07, 6.45) is 1.77. The van der Waals surface area contributed by atoms with Crippen molar-refractivity contribution in [3.8, 4) is 11.1 Å². The van der Waals surface area contributed by atoms with E-state index in [9.17, 15) is 36.8 Å². The Kier molecular flexibility index (Phi) is 12.0. The van der Waals surface area contributed by atoms with Crippen LogP contribution in [0.3, 0.4) is 0 Å². The zero-order valence-corrected chi connectivity index (χ0v) is 37.5. The monoisotopic (exact) mass is 952 g/mol. The number of hydrogen-bond acceptors (Lipinski definition) is 12. The first-order valence-electron chi connectivity index (χ1n) is 22.5. The molecule has 0 radical (unpaired) electrons. The van der Waals surface area contributed by atoms with E-state index in [0.717, 1.165) is 104 Å². The molecule has 0 saturated carbocycles. The Hall–Kier alpha value is -6.68. The first-order chi connectivity index (χ1) is 32.7. The predicted octanol–water partition coefficient (Wildman–Crippen LogP) is 3.79. The summed E-state index contributed by atoms with van der Waals surface area (Å²) in [5.74, 6) is -5.65. The van der Waals surface area contributed by atoms with Crippen LogP contribution in [0, 0.1) is 11.6 Å². The Morgan fingerprint density at radius 1 is 0.765 bits per heavy atom. The highest BCUT2D eigenvalue weighted by Crippen LogP contribution is 2.33. The summed E-state index contributed by atoms with van der Waals surface area (Å²) < 4.78 is 73.1. The first-order valence-corrected chi connectivity index (χ1v) is 24.0. The zero-order chi connectivity index (χ0) is 47.4. The summed E-state index contributed by atoms with van der Waals surface area (Å²) in [6.45, 7) is 7.96. The lowest BCUT2D eigenvalue weighted by molar-refractivity contribution is -0.136. The lowest BCUT2D eigenvalue weighted by Crippen LogP contribution is -2.54. The van der Waals surface area contributed by atoms with E-state index in [4.69, 9.17) is 0 Å². The number of pyridine rings is 1. The molecule has 3 N–H and O–H groups in total. The van der Waals surface area contributed by atoms with Crippen molar-refractivity contribution in [1.29, 1.82) is 0 Å². The van der Waals surface area contributed by atoms with E-state index in [-0.39, 0.29) is 42.5 Å². The van der Waals surface area contributed by atoms with Crippen LogP contribution >= 0.6 is 0 Å². The zero-order valence-electron chi connectivity index (χ0n) is 36.7. The van der Waals surface area contributed by atoms with Gasteiger partial charge >= 0.3 is 10.2 Å². The van der Waals surface area contributed by atoms with E-state index in [2.05, 4.69) is 34.9 Å². The SMILES string of the molecule is O=C1CCC(N2C(=O)c3ccc(N4CCN(CCN5CCN(c6ccc(-c7cnc8[nH]cc(C(=O)c9c(F)ccc(NS(=O)(=O)N%10CC[C@@H](F)C%10)c9F)c8c7)cc6)CC5)CC4)cc3C2=O)C(=O)N1. The van der Waals surface area contributed by atoms with Crippen molar-refractivity contribution in [3.63, 3.8) is 0 Å². The van der Waals surface area contributed by atoms with Crippen LogP contribution in [0.5, 0.6) is 0 Å². The number of piperidine rings is 1. The van der Waals surface area contributed by atoms with Gasteiger partial charge in [0.25, 0.3) is 11.8 Å². The number of hydrogen-bond donors (Lipinski definition) is 3. The average Bonchev–Trinajstić information content (AvgIpc) is 4.05. The third-order valence-corrected chi connectivity index (χ3v) is 15.1. The fraction of sp³-hybridized carbons (Fsp3) is 0.362. The van der Waals surface area contributed by atoms with Gasteiger partial charge in [0, 0.05) is 125 Å². The number of benzene rings is 3. The van der Waals surface area contributed by atoms with Gasteiger partial charge in [-0.1, -0.05) is 12.1 Å². The van der Waals surface area contributed by atoms with Crippen LogP contribution in [-0.4, -0.2) is 158 Å². The number of imide groups is 2. The summed E-state index contributed by atoms with van der Waals surface area (Å²) in [5.41, 5.74) is 2.59. The number of amides is 4. The molecular weight excluding hydrogens is 906 g/mol. The van der Waals surface area contributed by atoms with E-state index in [1.807, 2.05) is 35.1 Å². The van der Waals surface area contributed by atoms with E-state index in [0.29, 0.717) is 16.6 Å². The molecule has 4 amide bonds. The van der Waals surface area contributed by atoms with Gasteiger partial charge in [0.15, 0.2) is 5.82 Å². The quantitative estimate of drug-likeness (QED) is 0.121. The molecule has 354 valence electrons. The van der Waals surface area contributed by atoms with Gasteiger partial charge in [-0.05, 0) is 66.9 Å². The Morgan fingerprint density at radius 2 is 1.43 bits per heavy atom. The molecule has 3 aromatic carbocycles. The van der Waals surface area contributed by atoms with Gasteiger partial charge in [-0.25, -0.2) is 18.2 Å². The Balaban J connectivity index is 0.715. The molecule has 4 saturated heterocycles. The number of anilines is 3. The van der Waals surface area contributed by atoms with Crippen LogP contribution < -0.4 is 19.8 Å². The number of nitrogens with zero attached hydrogens (tertiary/aromatic N) is 7. The second kappa shape index (κ2) is 18.1. The van der Waals surface area contributed by atoms with E-state index < -0.39 is 81.3 Å². The summed E-state index contributed by atoms with van der Waals surface area (Å²) in [4.78, 5) is 82.0. The predicted molar refractivity (Wildman–Crippen MR) is 245 cm³/mol. The van der Waals surface area contributed by atoms with Crippen LogP contribution in [0.1, 0.15) is 55.9 Å². The normalized spacial score (nSPS) is 21.0. The Bertz CT molecular complexity index is 2970. The van der Waals surface area contributed by atoms with Crippen molar-refractivity contribution < 1.29 is 45.6 Å². The van der Waals surface area contributed by atoms with Crippen molar-refractivity contribution in [2.75, 3.05) is 93.1 Å². The number of alkyl halides is 1. The maximum absolute atomic E-state index is 15.8. The number of H-pyrrole nitrogens is 1. The molecule has 0 spiro atoms. The second-order valence-electron chi connectivity index (χ2n) is 17.7. The molecule has 2 atom stereocenters. The van der Waals surface area contributed by atoms with Gasteiger partial charge in [0.05, 0.1) is 22.4 Å². The summed E-state index contributed by atoms with van der Waals surface area (Å²) in [5, 5.41) is 2.55. The van der Waals surface area contributed by atoms with Gasteiger partial charge in [0.2, 0.25) is 17.6 Å². The van der Waals surface area contributed by atoms with Crippen LogP contribution in [0.2, 0.25) is 0 Å². The largest absolute Gasteiger partial charge is 0.369 e. The average molecular weight is 953 g/mol. The Labute approximate surface area is 389 Å². The molecule has 2 aromatic heterocycles. The molecule has 68 heavy (non-hydrogen) atoms. The number of halogens is 3. The number of carbonyl (C=O) groups is 5. The molecule has 5 aliphatic heterocycles. The van der Waals surface area contributed by atoms with Crippen LogP contribution in [0.15, 0.2) is 73.1 Å². The molecule has 17 nitrogen and oxygen atoms in total. The molecule has 0 bridgehead atoms. The van der Waals surface area contributed by atoms with Crippen molar-refractivity contribution in [2.24, 2.45) is 0 Å². The number of aromatic nitrogens is 2. The fourth-order valence-electron chi connectivity index (χ4n) is 9.70. The third-order valence-electron chi connectivity index (χ3n) is 13.6. The highest BCUT2D eigenvalue weighted by atomic mass is 32.2. The smallest absolute Gasteiger partial charge is 0.301 e. The minimum Gasteiger partial charge on any atom is -0.369 e. The second-order valence-corrected chi connectivity index (χ2v) is 19.3. The summed E-state index contributed by atoms with van der Waals surface area (Å²) in [7, 11) is -4.36. The first kappa shape index (κ1) is 45.1. The van der Waals surface area contributed by atoms with E-state index >= 15 is 8.78 Å². The molecule has 5 aromatic rings. The molecule has 21 heteroatoms. The number of aromatic amines is 1. The number of piperazine rings is 2. The van der Waals surface area contributed by atoms with Gasteiger partial charge in [-0.3, -0.25) is 48.7 Å². The minimum atomic E-state index is -4.36. The maximum atomic E-state index is 15.8. The molecule has 4 fully saturated rings. The molecule has 1 unspecified atom stereocenters. The lowest BCUT2D eigenvalue weighted by Gasteiger charge is -2.39. The highest BCUT2D eigenvalue weighted by Gasteiger charge is 2.45. The number of rotatable bonds is 12. The molecule has 10 rings (SSSR count). The summed E-state index contributed by atoms with van der Waals surface area (Å²) in [6, 6.07) is 15.6. The van der Waals surface area contributed by atoms with E-state index in [1.54, 1.807) is 24.4 Å². The minimum absolute atomic E-state index is 0.00216. The van der Waals surface area contributed by atoms with Crippen LogP contribution in [-0.2, 0) is 19.8 Å². The molecule has 7 heterocycles. The molecule has 5 aliphatic rings. The van der Waals surface area contributed by atoms with E-state index in [1.165, 1.54) is 6.20 Å². The lowest BCUT2D eigenvalue weighted by atomic mass is 9.99. The highest BCUT2D eigenvalue weighted by molar-refractivity contribution is 7.90. The van der Waals surface area contributed by atoms with Gasteiger partial charge < -0.3 is 14.8 Å². The topological polar surface area (TPSA) is 192 Å². The molecule has 0 aliphatic carbocycles. The molecular formula is C47H47F3N10O7S.